The van der Waals surface area contributed by atoms with Crippen molar-refractivity contribution in [2.45, 2.75) is 6.54 Å². The maximum Gasteiger partial charge on any atom is 0.317 e. The molecule has 0 fully saturated rings. The van der Waals surface area contributed by atoms with Crippen molar-refractivity contribution in [2.24, 2.45) is 0 Å². The number of benzene rings is 1. The van der Waals surface area contributed by atoms with Gasteiger partial charge in [-0.05, 0) is 17.7 Å². The molecule has 0 saturated heterocycles. The number of aromatic hydroxyl groups is 1. The molecule has 14 heavy (non-hydrogen) atoms. The number of halogens is 1. The van der Waals surface area contributed by atoms with Crippen molar-refractivity contribution in [1.82, 2.24) is 5.32 Å². The molecule has 0 aliphatic carbocycles. The fourth-order valence-electron chi connectivity index (χ4n) is 0.974. The molecular formula is C9H10FNO3. The summed E-state index contributed by atoms with van der Waals surface area (Å²) in [5.74, 6) is -2.09. The van der Waals surface area contributed by atoms with Crippen molar-refractivity contribution < 1.29 is 19.4 Å². The van der Waals surface area contributed by atoms with Crippen LogP contribution in [0.25, 0.3) is 0 Å². The summed E-state index contributed by atoms with van der Waals surface area (Å²) in [6.07, 6.45) is 0. The molecule has 0 atom stereocenters. The standard InChI is InChI=1S/C9H10FNO3/c10-7-3-6(1-2-8(7)12)4-11-5-9(13)14/h1-3,11-12H,4-5H2,(H,13,14). The summed E-state index contributed by atoms with van der Waals surface area (Å²) >= 11 is 0. The molecule has 0 unspecified atom stereocenters. The van der Waals surface area contributed by atoms with Crippen LogP contribution >= 0.6 is 0 Å². The third kappa shape index (κ3) is 3.02. The molecule has 0 amide bonds. The van der Waals surface area contributed by atoms with Gasteiger partial charge in [-0.2, -0.15) is 0 Å². The molecule has 0 aliphatic rings. The molecule has 4 nitrogen and oxygen atoms in total. The highest BCUT2D eigenvalue weighted by Gasteiger charge is 2.01. The zero-order valence-corrected chi connectivity index (χ0v) is 7.33. The van der Waals surface area contributed by atoms with Crippen LogP contribution in [0.3, 0.4) is 0 Å². The normalized spacial score (nSPS) is 10.1. The second-order valence-corrected chi connectivity index (χ2v) is 2.78. The van der Waals surface area contributed by atoms with E-state index in [2.05, 4.69) is 5.32 Å². The lowest BCUT2D eigenvalue weighted by Crippen LogP contribution is -2.21. The minimum atomic E-state index is -0.968. The van der Waals surface area contributed by atoms with Crippen LogP contribution < -0.4 is 5.32 Å². The van der Waals surface area contributed by atoms with E-state index in [1.54, 1.807) is 0 Å². The number of carboxylic acid groups (broad SMARTS) is 1. The molecule has 0 aromatic heterocycles. The molecule has 1 rings (SSSR count). The van der Waals surface area contributed by atoms with E-state index in [4.69, 9.17) is 10.2 Å². The molecule has 1 aromatic rings. The highest BCUT2D eigenvalue weighted by atomic mass is 19.1. The molecule has 3 N–H and O–H groups in total. The van der Waals surface area contributed by atoms with E-state index < -0.39 is 17.5 Å². The van der Waals surface area contributed by atoms with Crippen molar-refractivity contribution in [3.8, 4) is 5.75 Å². The fourth-order valence-corrected chi connectivity index (χ4v) is 0.974. The van der Waals surface area contributed by atoms with E-state index >= 15 is 0 Å². The van der Waals surface area contributed by atoms with Gasteiger partial charge in [-0.15, -0.1) is 0 Å². The van der Waals surface area contributed by atoms with Gasteiger partial charge in [0.25, 0.3) is 0 Å². The van der Waals surface area contributed by atoms with Gasteiger partial charge in [-0.1, -0.05) is 6.07 Å². The van der Waals surface area contributed by atoms with Crippen molar-refractivity contribution in [3.63, 3.8) is 0 Å². The van der Waals surface area contributed by atoms with Crippen LogP contribution in [0.5, 0.6) is 5.75 Å². The molecule has 76 valence electrons. The van der Waals surface area contributed by atoms with Gasteiger partial charge in [0.1, 0.15) is 0 Å². The Hall–Kier alpha value is -1.62. The molecule has 1 aromatic carbocycles. The lowest BCUT2D eigenvalue weighted by Gasteiger charge is -2.02. The number of hydrogen-bond acceptors (Lipinski definition) is 3. The average Bonchev–Trinajstić information content (AvgIpc) is 2.10. The van der Waals surface area contributed by atoms with Gasteiger partial charge in [0.05, 0.1) is 6.54 Å². The largest absolute Gasteiger partial charge is 0.505 e. The number of phenolic OH excluding ortho intramolecular Hbond substituents is 1. The van der Waals surface area contributed by atoms with Gasteiger partial charge in [0.15, 0.2) is 11.6 Å². The average molecular weight is 199 g/mol. The topological polar surface area (TPSA) is 69.6 Å². The van der Waals surface area contributed by atoms with E-state index in [1.807, 2.05) is 0 Å². The smallest absolute Gasteiger partial charge is 0.317 e. The Bertz CT molecular complexity index is 341. The molecule has 0 heterocycles. The fraction of sp³-hybridized carbons (Fsp3) is 0.222. The molecule has 0 saturated carbocycles. The molecular weight excluding hydrogens is 189 g/mol. The molecule has 0 radical (unpaired) electrons. The number of hydrogen-bond donors (Lipinski definition) is 3. The molecule has 0 spiro atoms. The van der Waals surface area contributed by atoms with E-state index in [0.29, 0.717) is 5.56 Å². The number of carboxylic acids is 1. The first-order valence-corrected chi connectivity index (χ1v) is 3.99. The Morgan fingerprint density at radius 2 is 2.21 bits per heavy atom. The van der Waals surface area contributed by atoms with E-state index in [-0.39, 0.29) is 13.1 Å². The van der Waals surface area contributed by atoms with Gasteiger partial charge in [0, 0.05) is 6.54 Å². The maximum absolute atomic E-state index is 12.8. The number of nitrogens with one attached hydrogen (secondary N) is 1. The van der Waals surface area contributed by atoms with E-state index in [9.17, 15) is 9.18 Å². The zero-order valence-electron chi connectivity index (χ0n) is 7.33. The first-order chi connectivity index (χ1) is 6.59. The Kier molecular flexibility index (Phi) is 3.41. The third-order valence-electron chi connectivity index (χ3n) is 1.62. The Morgan fingerprint density at radius 3 is 2.79 bits per heavy atom. The Balaban J connectivity index is 2.51. The predicted molar refractivity (Wildman–Crippen MR) is 47.4 cm³/mol. The van der Waals surface area contributed by atoms with E-state index in [0.717, 1.165) is 6.07 Å². The van der Waals surface area contributed by atoms with Crippen LogP contribution in [-0.4, -0.2) is 22.7 Å². The van der Waals surface area contributed by atoms with Crippen LogP contribution in [-0.2, 0) is 11.3 Å². The van der Waals surface area contributed by atoms with Crippen molar-refractivity contribution in [2.75, 3.05) is 6.54 Å². The first kappa shape index (κ1) is 10.5. The van der Waals surface area contributed by atoms with Crippen LogP contribution in [0, 0.1) is 5.82 Å². The van der Waals surface area contributed by atoms with Gasteiger partial charge in [0.2, 0.25) is 0 Å². The first-order valence-electron chi connectivity index (χ1n) is 3.99. The Morgan fingerprint density at radius 1 is 1.50 bits per heavy atom. The van der Waals surface area contributed by atoms with Crippen LogP contribution in [0.2, 0.25) is 0 Å². The van der Waals surface area contributed by atoms with Crippen LogP contribution in [0.15, 0.2) is 18.2 Å². The molecule has 0 bridgehead atoms. The minimum Gasteiger partial charge on any atom is -0.505 e. The van der Waals surface area contributed by atoms with Crippen LogP contribution in [0.1, 0.15) is 5.56 Å². The monoisotopic (exact) mass is 199 g/mol. The lowest BCUT2D eigenvalue weighted by atomic mass is 10.2. The Labute approximate surface area is 80.0 Å². The summed E-state index contributed by atoms with van der Waals surface area (Å²) < 4.78 is 12.8. The second kappa shape index (κ2) is 4.57. The van der Waals surface area contributed by atoms with Crippen molar-refractivity contribution >= 4 is 5.97 Å². The minimum absolute atomic E-state index is 0.178. The number of carbonyl (C=O) groups is 1. The number of aliphatic carboxylic acids is 1. The third-order valence-corrected chi connectivity index (χ3v) is 1.62. The zero-order chi connectivity index (χ0) is 10.6. The summed E-state index contributed by atoms with van der Waals surface area (Å²) in [5, 5.41) is 19.8. The second-order valence-electron chi connectivity index (χ2n) is 2.78. The summed E-state index contributed by atoms with van der Waals surface area (Å²) in [6.45, 7) is 0.0754. The quantitative estimate of drug-likeness (QED) is 0.667. The van der Waals surface area contributed by atoms with Crippen molar-refractivity contribution in [1.29, 1.82) is 0 Å². The SMILES string of the molecule is O=C(O)CNCc1ccc(O)c(F)c1. The lowest BCUT2D eigenvalue weighted by molar-refractivity contribution is -0.135. The maximum atomic E-state index is 12.8. The highest BCUT2D eigenvalue weighted by molar-refractivity contribution is 5.68. The van der Waals surface area contributed by atoms with Crippen LogP contribution in [0.4, 0.5) is 4.39 Å². The van der Waals surface area contributed by atoms with Gasteiger partial charge in [-0.25, -0.2) is 4.39 Å². The highest BCUT2D eigenvalue weighted by Crippen LogP contribution is 2.15. The van der Waals surface area contributed by atoms with Crippen molar-refractivity contribution in [3.05, 3.63) is 29.6 Å². The summed E-state index contributed by atoms with van der Waals surface area (Å²) in [5.41, 5.74) is 0.585. The number of phenols is 1. The van der Waals surface area contributed by atoms with Gasteiger partial charge < -0.3 is 15.5 Å². The summed E-state index contributed by atoms with van der Waals surface area (Å²) in [7, 11) is 0. The molecule has 5 heteroatoms. The summed E-state index contributed by atoms with van der Waals surface area (Å²) in [4.78, 5) is 10.1. The predicted octanol–water partition coefficient (Wildman–Crippen LogP) is 0.705. The summed E-state index contributed by atoms with van der Waals surface area (Å²) in [6, 6.07) is 3.91. The van der Waals surface area contributed by atoms with Gasteiger partial charge >= 0.3 is 5.97 Å². The molecule has 0 aliphatic heterocycles. The number of rotatable bonds is 4. The van der Waals surface area contributed by atoms with E-state index in [1.165, 1.54) is 12.1 Å². The van der Waals surface area contributed by atoms with Gasteiger partial charge in [-0.3, -0.25) is 4.79 Å².